The second kappa shape index (κ2) is 20.9. The summed E-state index contributed by atoms with van der Waals surface area (Å²) in [6, 6.07) is 19.1. The summed E-state index contributed by atoms with van der Waals surface area (Å²) in [6.07, 6.45) is 15.5. The van der Waals surface area contributed by atoms with E-state index >= 15 is 0 Å². The van der Waals surface area contributed by atoms with Gasteiger partial charge in [-0.2, -0.15) is 0 Å². The lowest BCUT2D eigenvalue weighted by atomic mass is 9.90. The first-order chi connectivity index (χ1) is 23.8. The number of unbranched alkanes of at least 4 members (excludes halogenated alkanes) is 10. The van der Waals surface area contributed by atoms with E-state index in [4.69, 9.17) is 23.7 Å². The number of halogens is 1. The molecule has 268 valence electrons. The number of ether oxygens (including phenoxy) is 5. The van der Waals surface area contributed by atoms with E-state index in [-0.39, 0.29) is 17.3 Å². The van der Waals surface area contributed by atoms with Crippen molar-refractivity contribution >= 4 is 5.97 Å². The highest BCUT2D eigenvalue weighted by atomic mass is 19.1. The third-order valence-electron chi connectivity index (χ3n) is 9.02. The fourth-order valence-corrected chi connectivity index (χ4v) is 5.89. The normalized spacial score (nSPS) is 14.2. The number of rotatable bonds is 24. The van der Waals surface area contributed by atoms with Crippen molar-refractivity contribution < 1.29 is 32.9 Å². The molecule has 3 aromatic carbocycles. The largest absolute Gasteiger partial charge is 0.494 e. The Labute approximate surface area is 293 Å². The number of carbonyl (C=O) groups excluding carboxylic acids is 1. The van der Waals surface area contributed by atoms with E-state index in [0.717, 1.165) is 63.4 Å². The highest BCUT2D eigenvalue weighted by molar-refractivity contribution is 5.91. The monoisotopic (exact) mass is 676 g/mol. The van der Waals surface area contributed by atoms with Crippen molar-refractivity contribution in [3.8, 4) is 28.4 Å². The highest BCUT2D eigenvalue weighted by Crippen LogP contribution is 2.29. The smallest absolute Gasteiger partial charge is 0.343 e. The van der Waals surface area contributed by atoms with Crippen LogP contribution in [-0.2, 0) is 9.47 Å². The van der Waals surface area contributed by atoms with Crippen molar-refractivity contribution in [1.29, 1.82) is 0 Å². The first-order valence-electron chi connectivity index (χ1n) is 18.5. The predicted octanol–water partition coefficient (Wildman–Crippen LogP) is 11.0. The van der Waals surface area contributed by atoms with Gasteiger partial charge in [0.2, 0.25) is 0 Å². The second-order valence-electron chi connectivity index (χ2n) is 13.9. The summed E-state index contributed by atoms with van der Waals surface area (Å²) in [4.78, 5) is 12.7. The summed E-state index contributed by atoms with van der Waals surface area (Å²) < 4.78 is 43.3. The van der Waals surface area contributed by atoms with Crippen LogP contribution in [0.1, 0.15) is 115 Å². The van der Waals surface area contributed by atoms with Crippen LogP contribution in [0, 0.1) is 11.2 Å². The van der Waals surface area contributed by atoms with E-state index in [0.29, 0.717) is 23.5 Å². The molecule has 6 nitrogen and oxygen atoms in total. The number of hydrogen-bond donors (Lipinski definition) is 0. The number of carbonyl (C=O) groups is 1. The molecule has 1 saturated heterocycles. The molecule has 4 rings (SSSR count). The van der Waals surface area contributed by atoms with Gasteiger partial charge in [-0.1, -0.05) is 89.8 Å². The van der Waals surface area contributed by atoms with Gasteiger partial charge in [0.1, 0.15) is 11.5 Å². The molecule has 0 N–H and O–H groups in total. The number of hydrogen-bond acceptors (Lipinski definition) is 6. The molecule has 3 aromatic rings. The third-order valence-corrected chi connectivity index (χ3v) is 9.02. The zero-order valence-corrected chi connectivity index (χ0v) is 30.0. The summed E-state index contributed by atoms with van der Waals surface area (Å²) in [5.41, 5.74) is 2.13. The van der Waals surface area contributed by atoms with Crippen LogP contribution in [0.5, 0.6) is 17.2 Å². The van der Waals surface area contributed by atoms with Crippen LogP contribution in [0.15, 0.2) is 66.7 Å². The molecule has 0 aromatic heterocycles. The van der Waals surface area contributed by atoms with Crippen LogP contribution in [-0.4, -0.2) is 45.1 Å². The summed E-state index contributed by atoms with van der Waals surface area (Å²) in [5.74, 6) is 0.181. The van der Waals surface area contributed by atoms with Crippen LogP contribution >= 0.6 is 0 Å². The van der Waals surface area contributed by atoms with Crippen molar-refractivity contribution in [2.45, 2.75) is 110 Å². The van der Waals surface area contributed by atoms with Crippen LogP contribution in [0.2, 0.25) is 0 Å². The quantitative estimate of drug-likeness (QED) is 0.0534. The molecule has 1 heterocycles. The fourth-order valence-electron chi connectivity index (χ4n) is 5.89. The van der Waals surface area contributed by atoms with E-state index in [2.05, 4.69) is 20.8 Å². The Bertz CT molecular complexity index is 1370. The van der Waals surface area contributed by atoms with Crippen molar-refractivity contribution in [3.63, 3.8) is 0 Å². The standard InChI is InChI=1S/C42H57FO6/c1-4-5-6-13-16-33(2)48-38-24-17-34(18-25-38)36-21-26-40(39(43)29-36)49-41(44)35-19-22-37(23-20-35)47-28-15-12-10-8-7-9-11-14-27-45-30-42(3)31-46-32-42/h17-26,29,33H,4-16,27-28,30-32H2,1-3H3/t33-/m1/s1. The maximum atomic E-state index is 15.0. The van der Waals surface area contributed by atoms with Crippen molar-refractivity contribution in [2.75, 3.05) is 33.0 Å². The van der Waals surface area contributed by atoms with Crippen LogP contribution in [0.25, 0.3) is 11.1 Å². The van der Waals surface area contributed by atoms with Crippen molar-refractivity contribution in [1.82, 2.24) is 0 Å². The first kappa shape index (κ1) is 38.4. The lowest BCUT2D eigenvalue weighted by molar-refractivity contribution is -0.137. The molecule has 0 radical (unpaired) electrons. The van der Waals surface area contributed by atoms with Gasteiger partial charge < -0.3 is 23.7 Å². The van der Waals surface area contributed by atoms with Gasteiger partial charge in [0.15, 0.2) is 11.6 Å². The van der Waals surface area contributed by atoms with Crippen molar-refractivity contribution in [2.24, 2.45) is 5.41 Å². The topological polar surface area (TPSA) is 63.2 Å². The molecule has 0 unspecified atom stereocenters. The molecule has 0 spiro atoms. The van der Waals surface area contributed by atoms with E-state index < -0.39 is 11.8 Å². The second-order valence-corrected chi connectivity index (χ2v) is 13.9. The lowest BCUT2D eigenvalue weighted by Crippen LogP contribution is -2.43. The minimum absolute atomic E-state index is 0.107. The van der Waals surface area contributed by atoms with Gasteiger partial charge in [-0.25, -0.2) is 9.18 Å². The minimum atomic E-state index is -0.617. The van der Waals surface area contributed by atoms with Gasteiger partial charge in [0.05, 0.1) is 38.1 Å². The Hall–Kier alpha value is -3.42. The van der Waals surface area contributed by atoms with E-state index in [1.54, 1.807) is 30.3 Å². The average Bonchev–Trinajstić information content (AvgIpc) is 3.09. The number of esters is 1. The van der Waals surface area contributed by atoms with Gasteiger partial charge in [0, 0.05) is 12.0 Å². The average molecular weight is 677 g/mol. The Morgan fingerprint density at radius 3 is 2.02 bits per heavy atom. The van der Waals surface area contributed by atoms with Gasteiger partial charge in [-0.3, -0.25) is 0 Å². The molecular formula is C42H57FO6. The van der Waals surface area contributed by atoms with Crippen LogP contribution in [0.4, 0.5) is 4.39 Å². The highest BCUT2D eigenvalue weighted by Gasteiger charge is 2.33. The number of benzene rings is 3. The van der Waals surface area contributed by atoms with Gasteiger partial charge in [0.25, 0.3) is 0 Å². The Morgan fingerprint density at radius 1 is 0.776 bits per heavy atom. The summed E-state index contributed by atoms with van der Waals surface area (Å²) in [6.45, 7) is 10.5. The summed E-state index contributed by atoms with van der Waals surface area (Å²) in [5, 5.41) is 0. The Balaban J connectivity index is 1.08. The molecule has 1 aliphatic heterocycles. The van der Waals surface area contributed by atoms with Gasteiger partial charge >= 0.3 is 5.97 Å². The molecule has 0 amide bonds. The summed E-state index contributed by atoms with van der Waals surface area (Å²) in [7, 11) is 0. The van der Waals surface area contributed by atoms with E-state index in [9.17, 15) is 9.18 Å². The molecule has 49 heavy (non-hydrogen) atoms. The molecular weight excluding hydrogens is 619 g/mol. The Kier molecular flexibility index (Phi) is 16.4. The minimum Gasteiger partial charge on any atom is -0.494 e. The van der Waals surface area contributed by atoms with Gasteiger partial charge in [-0.15, -0.1) is 0 Å². The Morgan fingerprint density at radius 2 is 1.39 bits per heavy atom. The molecule has 7 heteroatoms. The first-order valence-corrected chi connectivity index (χ1v) is 18.5. The molecule has 1 fully saturated rings. The molecule has 0 saturated carbocycles. The predicted molar refractivity (Wildman–Crippen MR) is 194 cm³/mol. The molecule has 0 bridgehead atoms. The van der Waals surface area contributed by atoms with E-state index in [1.165, 1.54) is 69.9 Å². The van der Waals surface area contributed by atoms with Crippen LogP contribution in [0.3, 0.4) is 0 Å². The SMILES string of the molecule is CCCCCC[C@@H](C)Oc1ccc(-c2ccc(OC(=O)c3ccc(OCCCCCCCCCCOCC4(C)COC4)cc3)c(F)c2)cc1. The molecule has 1 aliphatic rings. The fraction of sp³-hybridized carbons (Fsp3) is 0.548. The van der Waals surface area contributed by atoms with Crippen molar-refractivity contribution in [3.05, 3.63) is 78.1 Å². The third kappa shape index (κ3) is 13.8. The maximum Gasteiger partial charge on any atom is 0.343 e. The van der Waals surface area contributed by atoms with E-state index in [1.807, 2.05) is 24.3 Å². The maximum absolute atomic E-state index is 15.0. The zero-order chi connectivity index (χ0) is 34.7. The lowest BCUT2D eigenvalue weighted by Gasteiger charge is -2.37. The van der Waals surface area contributed by atoms with Gasteiger partial charge in [-0.05, 0) is 92.3 Å². The zero-order valence-electron chi connectivity index (χ0n) is 30.0. The summed E-state index contributed by atoms with van der Waals surface area (Å²) >= 11 is 0. The molecule has 1 atom stereocenters. The van der Waals surface area contributed by atoms with Crippen LogP contribution < -0.4 is 14.2 Å². The molecule has 0 aliphatic carbocycles.